The number of fused-ring (bicyclic) bond motifs is 1. The van der Waals surface area contributed by atoms with Crippen LogP contribution < -0.4 is 5.32 Å². The number of nitrogens with zero attached hydrogens (tertiary/aromatic N) is 4. The Morgan fingerprint density at radius 2 is 2.00 bits per heavy atom. The van der Waals surface area contributed by atoms with Crippen molar-refractivity contribution in [1.29, 1.82) is 0 Å². The van der Waals surface area contributed by atoms with Crippen LogP contribution in [0.3, 0.4) is 0 Å². The Hall–Kier alpha value is -2.76. The van der Waals surface area contributed by atoms with Gasteiger partial charge in [-0.05, 0) is 37.1 Å². The van der Waals surface area contributed by atoms with Crippen molar-refractivity contribution in [2.24, 2.45) is 0 Å². The van der Waals surface area contributed by atoms with E-state index in [0.717, 1.165) is 27.9 Å². The molecule has 0 aromatic carbocycles. The summed E-state index contributed by atoms with van der Waals surface area (Å²) in [6.07, 6.45) is 5.52. The van der Waals surface area contributed by atoms with Crippen LogP contribution in [0.1, 0.15) is 18.1 Å². The highest BCUT2D eigenvalue weighted by atomic mass is 16.1. The number of nitrogens with one attached hydrogen (secondary N) is 1. The number of amides is 1. The van der Waals surface area contributed by atoms with Gasteiger partial charge in [-0.2, -0.15) is 4.98 Å². The summed E-state index contributed by atoms with van der Waals surface area (Å²) in [5, 5.41) is 6.87. The van der Waals surface area contributed by atoms with Crippen LogP contribution in [-0.4, -0.2) is 25.5 Å². The van der Waals surface area contributed by atoms with E-state index >= 15 is 0 Å². The van der Waals surface area contributed by atoms with E-state index < -0.39 is 0 Å². The van der Waals surface area contributed by atoms with E-state index in [-0.39, 0.29) is 5.91 Å². The van der Waals surface area contributed by atoms with Crippen LogP contribution in [0.4, 0.5) is 5.95 Å². The van der Waals surface area contributed by atoms with E-state index in [1.54, 1.807) is 4.52 Å². The van der Waals surface area contributed by atoms with Crippen molar-refractivity contribution in [3.8, 4) is 11.1 Å². The van der Waals surface area contributed by atoms with E-state index in [9.17, 15) is 4.79 Å². The summed E-state index contributed by atoms with van der Waals surface area (Å²) in [5.41, 5.74) is 4.84. The maximum atomic E-state index is 11.1. The van der Waals surface area contributed by atoms with Gasteiger partial charge in [0.2, 0.25) is 11.9 Å². The third-order valence-electron chi connectivity index (χ3n) is 3.11. The minimum absolute atomic E-state index is 0.188. The second-order valence-electron chi connectivity index (χ2n) is 5.05. The number of hydrogen-bond donors (Lipinski definition) is 1. The minimum Gasteiger partial charge on any atom is -0.293 e. The van der Waals surface area contributed by atoms with Crippen molar-refractivity contribution in [3.63, 3.8) is 0 Å². The fourth-order valence-electron chi connectivity index (χ4n) is 2.23. The van der Waals surface area contributed by atoms with Crippen LogP contribution in [0.25, 0.3) is 16.8 Å². The summed E-state index contributed by atoms with van der Waals surface area (Å²) in [7, 11) is 0. The van der Waals surface area contributed by atoms with Gasteiger partial charge in [-0.3, -0.25) is 15.1 Å². The highest BCUT2D eigenvalue weighted by Crippen LogP contribution is 2.22. The third-order valence-corrected chi connectivity index (χ3v) is 3.11. The van der Waals surface area contributed by atoms with Crippen molar-refractivity contribution in [2.75, 3.05) is 5.32 Å². The molecule has 21 heavy (non-hydrogen) atoms. The number of carbonyl (C=O) groups excluding carboxylic acids is 1. The van der Waals surface area contributed by atoms with Gasteiger partial charge < -0.3 is 0 Å². The highest BCUT2D eigenvalue weighted by Gasteiger charge is 2.09. The van der Waals surface area contributed by atoms with E-state index in [1.807, 2.05) is 38.5 Å². The van der Waals surface area contributed by atoms with Crippen LogP contribution in [0.5, 0.6) is 0 Å². The number of anilines is 1. The molecule has 3 aromatic rings. The Morgan fingerprint density at radius 1 is 1.19 bits per heavy atom. The number of aryl methyl sites for hydroxylation is 2. The Bertz CT molecular complexity index is 837. The molecule has 106 valence electrons. The van der Waals surface area contributed by atoms with Gasteiger partial charge in [0.05, 0.1) is 0 Å². The molecular formula is C15H15N5O. The normalized spacial score (nSPS) is 10.8. The Morgan fingerprint density at radius 3 is 2.71 bits per heavy atom. The lowest BCUT2D eigenvalue weighted by atomic mass is 10.1. The first-order valence-electron chi connectivity index (χ1n) is 6.59. The molecule has 0 bridgehead atoms. The lowest BCUT2D eigenvalue weighted by Gasteiger charge is -2.04. The molecule has 0 saturated carbocycles. The van der Waals surface area contributed by atoms with Gasteiger partial charge in [0.1, 0.15) is 0 Å². The van der Waals surface area contributed by atoms with E-state index in [1.165, 1.54) is 6.92 Å². The molecule has 0 spiro atoms. The van der Waals surface area contributed by atoms with E-state index in [4.69, 9.17) is 0 Å². The fourth-order valence-corrected chi connectivity index (χ4v) is 2.23. The molecule has 1 amide bonds. The number of hydrogen-bond acceptors (Lipinski definition) is 4. The zero-order valence-corrected chi connectivity index (χ0v) is 12.1. The maximum absolute atomic E-state index is 11.1. The van der Waals surface area contributed by atoms with Crippen molar-refractivity contribution in [3.05, 3.63) is 41.9 Å². The molecule has 6 nitrogen and oxygen atoms in total. The molecule has 0 aliphatic heterocycles. The molecule has 0 atom stereocenters. The van der Waals surface area contributed by atoms with E-state index in [0.29, 0.717) is 5.95 Å². The second kappa shape index (κ2) is 4.97. The number of rotatable bonds is 2. The number of pyridine rings is 2. The van der Waals surface area contributed by atoms with Crippen LogP contribution in [0.2, 0.25) is 0 Å². The quantitative estimate of drug-likeness (QED) is 0.782. The molecule has 0 aliphatic rings. The predicted octanol–water partition coefficient (Wildman–Crippen LogP) is 2.37. The van der Waals surface area contributed by atoms with Gasteiger partial charge in [0.25, 0.3) is 0 Å². The first-order valence-corrected chi connectivity index (χ1v) is 6.59. The standard InChI is InChI=1S/C15H15N5O/c1-9-4-12(7-16-6-9)13-5-10(2)14-18-15(17-11(3)21)19-20(14)8-13/h4-8H,1-3H3,(H,17,19,21). The number of carbonyl (C=O) groups is 1. The van der Waals surface area contributed by atoms with Gasteiger partial charge in [-0.25, -0.2) is 4.52 Å². The van der Waals surface area contributed by atoms with Crippen LogP contribution in [0, 0.1) is 13.8 Å². The molecule has 1 N–H and O–H groups in total. The van der Waals surface area contributed by atoms with Crippen molar-refractivity contribution >= 4 is 17.5 Å². The molecule has 0 radical (unpaired) electrons. The molecule has 0 aliphatic carbocycles. The highest BCUT2D eigenvalue weighted by molar-refractivity contribution is 5.87. The fraction of sp³-hybridized carbons (Fsp3) is 0.200. The maximum Gasteiger partial charge on any atom is 0.249 e. The third kappa shape index (κ3) is 2.60. The molecule has 3 heterocycles. The SMILES string of the molecule is CC(=O)Nc1nc2c(C)cc(-c3cncc(C)c3)cn2n1. The Labute approximate surface area is 121 Å². The van der Waals surface area contributed by atoms with Crippen LogP contribution in [-0.2, 0) is 4.79 Å². The molecule has 0 saturated heterocycles. The summed E-state index contributed by atoms with van der Waals surface area (Å²) in [6.45, 7) is 5.41. The Balaban J connectivity index is 2.12. The van der Waals surface area contributed by atoms with Crippen LogP contribution >= 0.6 is 0 Å². The van der Waals surface area contributed by atoms with Crippen LogP contribution in [0.15, 0.2) is 30.7 Å². The summed E-state index contributed by atoms with van der Waals surface area (Å²) in [6, 6.07) is 4.11. The average Bonchev–Trinajstić information content (AvgIpc) is 2.80. The topological polar surface area (TPSA) is 72.2 Å². The smallest absolute Gasteiger partial charge is 0.249 e. The summed E-state index contributed by atoms with van der Waals surface area (Å²) < 4.78 is 1.68. The predicted molar refractivity (Wildman–Crippen MR) is 80.0 cm³/mol. The minimum atomic E-state index is -0.188. The first-order chi connectivity index (χ1) is 10.0. The molecule has 3 rings (SSSR count). The summed E-state index contributed by atoms with van der Waals surface area (Å²) >= 11 is 0. The summed E-state index contributed by atoms with van der Waals surface area (Å²) in [5.74, 6) is 0.122. The van der Waals surface area contributed by atoms with Gasteiger partial charge in [0, 0.05) is 36.6 Å². The lowest BCUT2D eigenvalue weighted by molar-refractivity contribution is -0.114. The van der Waals surface area contributed by atoms with Gasteiger partial charge >= 0.3 is 0 Å². The van der Waals surface area contributed by atoms with E-state index in [2.05, 4.69) is 26.4 Å². The zero-order valence-electron chi connectivity index (χ0n) is 12.1. The lowest BCUT2D eigenvalue weighted by Crippen LogP contribution is -2.07. The van der Waals surface area contributed by atoms with Gasteiger partial charge in [0.15, 0.2) is 5.65 Å². The molecular weight excluding hydrogens is 266 g/mol. The zero-order chi connectivity index (χ0) is 15.0. The average molecular weight is 281 g/mol. The molecule has 6 heteroatoms. The summed E-state index contributed by atoms with van der Waals surface area (Å²) in [4.78, 5) is 19.6. The Kier molecular flexibility index (Phi) is 3.13. The van der Waals surface area contributed by atoms with Gasteiger partial charge in [-0.1, -0.05) is 0 Å². The molecule has 0 fully saturated rings. The van der Waals surface area contributed by atoms with Gasteiger partial charge in [-0.15, -0.1) is 5.10 Å². The van der Waals surface area contributed by atoms with Crippen molar-refractivity contribution in [1.82, 2.24) is 19.6 Å². The van der Waals surface area contributed by atoms with Crippen molar-refractivity contribution < 1.29 is 4.79 Å². The monoisotopic (exact) mass is 281 g/mol. The largest absolute Gasteiger partial charge is 0.293 e. The number of aromatic nitrogens is 4. The van der Waals surface area contributed by atoms with Crippen molar-refractivity contribution in [2.45, 2.75) is 20.8 Å². The molecule has 3 aromatic heterocycles. The first kappa shape index (κ1) is 13.2. The second-order valence-corrected chi connectivity index (χ2v) is 5.05. The molecule has 0 unspecified atom stereocenters.